The van der Waals surface area contributed by atoms with Crippen LogP contribution in [0.4, 0.5) is 0 Å². The molecule has 2 aliphatic heterocycles. The summed E-state index contributed by atoms with van der Waals surface area (Å²) in [7, 11) is 0. The highest BCUT2D eigenvalue weighted by Crippen LogP contribution is 2.17. The maximum Gasteiger partial charge on any atom is 0.251 e. The zero-order valence-electron chi connectivity index (χ0n) is 13.5. The number of nitrogens with zero attached hydrogens (tertiary/aromatic N) is 2. The van der Waals surface area contributed by atoms with E-state index in [4.69, 9.17) is 4.74 Å². The minimum Gasteiger partial charge on any atom is -0.368 e. The Labute approximate surface area is 133 Å². The van der Waals surface area contributed by atoms with Gasteiger partial charge in [0.2, 0.25) is 0 Å². The number of rotatable bonds is 3. The molecule has 0 bridgehead atoms. The number of piperazine rings is 1. The van der Waals surface area contributed by atoms with E-state index in [1.807, 2.05) is 4.90 Å². The quantitative estimate of drug-likeness (QED) is 0.858. The molecule has 2 aliphatic rings. The van der Waals surface area contributed by atoms with Crippen LogP contribution in [-0.2, 0) is 16.1 Å². The Bertz CT molecular complexity index is 504. The van der Waals surface area contributed by atoms with Crippen molar-refractivity contribution in [2.75, 3.05) is 32.8 Å². The fraction of sp³-hybridized carbons (Fsp3) is 0.611. The highest BCUT2D eigenvalue weighted by Gasteiger charge is 2.29. The Kier molecular flexibility index (Phi) is 5.11. The van der Waals surface area contributed by atoms with Crippen LogP contribution in [0.5, 0.6) is 0 Å². The van der Waals surface area contributed by atoms with Crippen molar-refractivity contribution >= 4 is 5.91 Å². The summed E-state index contributed by atoms with van der Waals surface area (Å²) in [5.74, 6) is 0.204. The maximum atomic E-state index is 12.4. The molecule has 2 fully saturated rings. The van der Waals surface area contributed by atoms with Crippen molar-refractivity contribution in [1.82, 2.24) is 9.80 Å². The van der Waals surface area contributed by atoms with Gasteiger partial charge in [-0.3, -0.25) is 9.69 Å². The number of carbonyl (C=O) groups is 1. The van der Waals surface area contributed by atoms with Crippen molar-refractivity contribution in [1.29, 1.82) is 0 Å². The van der Waals surface area contributed by atoms with Crippen LogP contribution >= 0.6 is 0 Å². The van der Waals surface area contributed by atoms with Crippen LogP contribution < -0.4 is 0 Å². The normalized spacial score (nSPS) is 23.5. The van der Waals surface area contributed by atoms with Crippen molar-refractivity contribution in [3.63, 3.8) is 0 Å². The summed E-state index contributed by atoms with van der Waals surface area (Å²) in [6, 6.07) is 8.67. The zero-order valence-corrected chi connectivity index (χ0v) is 13.5. The fourth-order valence-electron chi connectivity index (χ4n) is 3.33. The van der Waals surface area contributed by atoms with Crippen LogP contribution in [0.15, 0.2) is 24.3 Å². The van der Waals surface area contributed by atoms with Gasteiger partial charge >= 0.3 is 0 Å². The number of aryl methyl sites for hydroxylation is 1. The number of hydrogen-bond donors (Lipinski definition) is 0. The van der Waals surface area contributed by atoms with E-state index in [1.165, 1.54) is 11.1 Å². The molecule has 2 heterocycles. The van der Waals surface area contributed by atoms with Gasteiger partial charge in [-0.1, -0.05) is 29.8 Å². The second-order valence-electron chi connectivity index (χ2n) is 6.45. The first kappa shape index (κ1) is 15.5. The van der Waals surface area contributed by atoms with E-state index in [-0.39, 0.29) is 12.0 Å². The smallest absolute Gasteiger partial charge is 0.251 e. The van der Waals surface area contributed by atoms with E-state index < -0.39 is 0 Å². The molecule has 0 saturated carbocycles. The third-order valence-electron chi connectivity index (χ3n) is 4.63. The number of ether oxygens (including phenoxy) is 1. The lowest BCUT2D eigenvalue weighted by Crippen LogP contribution is -2.51. The van der Waals surface area contributed by atoms with Crippen molar-refractivity contribution in [3.05, 3.63) is 35.4 Å². The van der Waals surface area contributed by atoms with Gasteiger partial charge < -0.3 is 9.64 Å². The van der Waals surface area contributed by atoms with Gasteiger partial charge in [-0.15, -0.1) is 0 Å². The standard InChI is InChI=1S/C18H26N2O2/c1-15-5-4-6-16(13-15)14-19-8-10-20(11-9-19)18(21)17-7-2-3-12-22-17/h4-6,13,17H,2-3,7-12,14H2,1H3/t17-/m0/s1. The molecular formula is C18H26N2O2. The number of amides is 1. The molecule has 22 heavy (non-hydrogen) atoms. The molecule has 0 aliphatic carbocycles. The second kappa shape index (κ2) is 7.25. The first-order valence-electron chi connectivity index (χ1n) is 8.41. The molecule has 1 aromatic carbocycles. The number of benzene rings is 1. The molecule has 0 N–H and O–H groups in total. The van der Waals surface area contributed by atoms with Crippen molar-refractivity contribution in [3.8, 4) is 0 Å². The summed E-state index contributed by atoms with van der Waals surface area (Å²) in [5.41, 5.74) is 2.66. The summed E-state index contributed by atoms with van der Waals surface area (Å²) < 4.78 is 5.62. The van der Waals surface area contributed by atoms with E-state index >= 15 is 0 Å². The summed E-state index contributed by atoms with van der Waals surface area (Å²) in [6.07, 6.45) is 2.91. The molecule has 0 aromatic heterocycles. The molecule has 1 aromatic rings. The first-order chi connectivity index (χ1) is 10.7. The fourth-order valence-corrected chi connectivity index (χ4v) is 3.33. The number of hydrogen-bond acceptors (Lipinski definition) is 3. The van der Waals surface area contributed by atoms with Crippen molar-refractivity contribution < 1.29 is 9.53 Å². The van der Waals surface area contributed by atoms with Crippen LogP contribution in [0, 0.1) is 6.92 Å². The molecule has 1 atom stereocenters. The largest absolute Gasteiger partial charge is 0.368 e. The predicted octanol–water partition coefficient (Wildman–Crippen LogP) is 2.21. The average Bonchev–Trinajstić information content (AvgIpc) is 2.56. The molecule has 0 unspecified atom stereocenters. The molecule has 4 heteroatoms. The summed E-state index contributed by atoms with van der Waals surface area (Å²) in [5, 5.41) is 0. The van der Waals surface area contributed by atoms with Crippen molar-refractivity contribution in [2.24, 2.45) is 0 Å². The summed E-state index contributed by atoms with van der Waals surface area (Å²) in [4.78, 5) is 16.9. The van der Waals surface area contributed by atoms with Gasteiger partial charge in [-0.25, -0.2) is 0 Å². The molecule has 120 valence electrons. The van der Waals surface area contributed by atoms with E-state index in [1.54, 1.807) is 0 Å². The number of carbonyl (C=O) groups excluding carboxylic acids is 1. The van der Waals surface area contributed by atoms with Gasteiger partial charge in [0.15, 0.2) is 0 Å². The van der Waals surface area contributed by atoms with Crippen LogP contribution in [-0.4, -0.2) is 54.6 Å². The minimum atomic E-state index is -0.183. The van der Waals surface area contributed by atoms with E-state index in [0.717, 1.165) is 58.6 Å². The lowest BCUT2D eigenvalue weighted by molar-refractivity contribution is -0.148. The molecule has 2 saturated heterocycles. The van der Waals surface area contributed by atoms with E-state index in [0.29, 0.717) is 0 Å². The summed E-state index contributed by atoms with van der Waals surface area (Å²) in [6.45, 7) is 7.39. The molecule has 0 radical (unpaired) electrons. The van der Waals surface area contributed by atoms with Crippen LogP contribution in [0.1, 0.15) is 30.4 Å². The van der Waals surface area contributed by atoms with Crippen LogP contribution in [0.25, 0.3) is 0 Å². The van der Waals surface area contributed by atoms with Gasteiger partial charge in [-0.05, 0) is 31.7 Å². The van der Waals surface area contributed by atoms with E-state index in [2.05, 4.69) is 36.1 Å². The zero-order chi connectivity index (χ0) is 15.4. The SMILES string of the molecule is Cc1cccc(CN2CCN(C(=O)[C@@H]3CCCCO3)CC2)c1. The van der Waals surface area contributed by atoms with Gasteiger partial charge in [0.1, 0.15) is 6.10 Å². The van der Waals surface area contributed by atoms with Gasteiger partial charge in [0, 0.05) is 39.3 Å². The van der Waals surface area contributed by atoms with Gasteiger partial charge in [-0.2, -0.15) is 0 Å². The topological polar surface area (TPSA) is 32.8 Å². The molecule has 4 nitrogen and oxygen atoms in total. The third kappa shape index (κ3) is 3.87. The first-order valence-corrected chi connectivity index (χ1v) is 8.41. The Hall–Kier alpha value is -1.39. The Morgan fingerprint density at radius 3 is 2.73 bits per heavy atom. The second-order valence-corrected chi connectivity index (χ2v) is 6.45. The molecular weight excluding hydrogens is 276 g/mol. The Balaban J connectivity index is 1.48. The molecule has 0 spiro atoms. The van der Waals surface area contributed by atoms with E-state index in [9.17, 15) is 4.79 Å². The highest BCUT2D eigenvalue weighted by molar-refractivity contribution is 5.81. The third-order valence-corrected chi connectivity index (χ3v) is 4.63. The lowest BCUT2D eigenvalue weighted by atomic mass is 10.1. The lowest BCUT2D eigenvalue weighted by Gasteiger charge is -2.37. The molecule has 1 amide bonds. The maximum absolute atomic E-state index is 12.4. The summed E-state index contributed by atoms with van der Waals surface area (Å²) >= 11 is 0. The predicted molar refractivity (Wildman–Crippen MR) is 86.6 cm³/mol. The van der Waals surface area contributed by atoms with Crippen LogP contribution in [0.3, 0.4) is 0 Å². The molecule has 3 rings (SSSR count). The Morgan fingerprint density at radius 1 is 1.23 bits per heavy atom. The van der Waals surface area contributed by atoms with Gasteiger partial charge in [0.25, 0.3) is 5.91 Å². The average molecular weight is 302 g/mol. The monoisotopic (exact) mass is 302 g/mol. The minimum absolute atomic E-state index is 0.183. The highest BCUT2D eigenvalue weighted by atomic mass is 16.5. The van der Waals surface area contributed by atoms with Crippen LogP contribution in [0.2, 0.25) is 0 Å². The van der Waals surface area contributed by atoms with Crippen molar-refractivity contribution in [2.45, 2.75) is 38.8 Å². The Morgan fingerprint density at radius 2 is 2.05 bits per heavy atom. The van der Waals surface area contributed by atoms with Gasteiger partial charge in [0.05, 0.1) is 0 Å².